The summed E-state index contributed by atoms with van der Waals surface area (Å²) < 4.78 is 111. The zero-order valence-electron chi connectivity index (χ0n) is 18.5. The van der Waals surface area contributed by atoms with Crippen molar-refractivity contribution in [3.05, 3.63) is 54.1 Å². The molecule has 1 aliphatic carbocycles. The van der Waals surface area contributed by atoms with E-state index in [1.54, 1.807) is 6.07 Å². The van der Waals surface area contributed by atoms with E-state index in [9.17, 15) is 40.2 Å². The van der Waals surface area contributed by atoms with Gasteiger partial charge < -0.3 is 14.7 Å². The average Bonchev–Trinajstić information content (AvgIpc) is 2.80. The third kappa shape index (κ3) is 6.77. The summed E-state index contributed by atoms with van der Waals surface area (Å²) in [5, 5.41) is 9.65. The Hall–Kier alpha value is -2.56. The summed E-state index contributed by atoms with van der Waals surface area (Å²) in [5.74, 6) is -4.59. The van der Waals surface area contributed by atoms with Gasteiger partial charge in [-0.25, -0.2) is 0 Å². The maximum atomic E-state index is 13.9. The Labute approximate surface area is 197 Å². The van der Waals surface area contributed by atoms with Gasteiger partial charge in [-0.15, -0.1) is 0 Å². The van der Waals surface area contributed by atoms with E-state index in [-0.39, 0.29) is 11.4 Å². The van der Waals surface area contributed by atoms with Gasteiger partial charge in [0, 0.05) is 23.0 Å². The Morgan fingerprint density at radius 1 is 0.857 bits per heavy atom. The second kappa shape index (κ2) is 10.6. The highest BCUT2D eigenvalue weighted by Gasteiger charge is 2.58. The van der Waals surface area contributed by atoms with Crippen molar-refractivity contribution in [1.29, 1.82) is 0 Å². The van der Waals surface area contributed by atoms with Crippen molar-refractivity contribution >= 4 is 11.4 Å². The van der Waals surface area contributed by atoms with Gasteiger partial charge in [-0.05, 0) is 43.0 Å². The molecule has 1 N–H and O–H groups in total. The maximum absolute atomic E-state index is 13.9. The number of alkyl halides is 8. The fourth-order valence-corrected chi connectivity index (χ4v) is 3.98. The standard InChI is InChI=1S/C24H25F8NO2/c25-22(26,24(30,31)32)17-8-4-9-18(12-17)33(14-21(34)23(27,28)29)19-10-5-11-20(13-19)35-15-16-6-2-1-3-7-16/h4-5,8-13,16,21,34H,1-3,6-7,14-15H2. The molecule has 3 nitrogen and oxygen atoms in total. The van der Waals surface area contributed by atoms with Crippen LogP contribution in [0.5, 0.6) is 5.75 Å². The van der Waals surface area contributed by atoms with Crippen molar-refractivity contribution in [2.24, 2.45) is 5.92 Å². The number of benzene rings is 2. The molecular weight excluding hydrogens is 486 g/mol. The van der Waals surface area contributed by atoms with Crippen LogP contribution < -0.4 is 9.64 Å². The SMILES string of the molecule is OC(CN(c1cccc(OCC2CCCCC2)c1)c1cccc(C(F)(F)C(F)(F)F)c1)C(F)(F)F. The van der Waals surface area contributed by atoms with Crippen LogP contribution in [0.15, 0.2) is 48.5 Å². The molecule has 1 saturated carbocycles. The Balaban J connectivity index is 1.93. The van der Waals surface area contributed by atoms with E-state index < -0.39 is 36.5 Å². The van der Waals surface area contributed by atoms with Crippen LogP contribution in [-0.2, 0) is 5.92 Å². The molecule has 3 rings (SSSR count). The lowest BCUT2D eigenvalue weighted by Gasteiger charge is -2.30. The molecule has 1 aliphatic rings. The zero-order valence-corrected chi connectivity index (χ0v) is 18.5. The minimum absolute atomic E-state index is 0.0296. The summed E-state index contributed by atoms with van der Waals surface area (Å²) in [5.41, 5.74) is -1.78. The van der Waals surface area contributed by atoms with Crippen molar-refractivity contribution in [3.63, 3.8) is 0 Å². The van der Waals surface area contributed by atoms with Crippen molar-refractivity contribution in [2.75, 3.05) is 18.1 Å². The van der Waals surface area contributed by atoms with Crippen molar-refractivity contribution in [3.8, 4) is 5.75 Å². The van der Waals surface area contributed by atoms with E-state index in [0.717, 1.165) is 49.1 Å². The molecule has 11 heteroatoms. The molecule has 0 radical (unpaired) electrons. The van der Waals surface area contributed by atoms with Gasteiger partial charge in [0.1, 0.15) is 5.75 Å². The molecule has 1 atom stereocenters. The van der Waals surface area contributed by atoms with Crippen molar-refractivity contribution < 1.29 is 45.0 Å². The third-order valence-corrected chi connectivity index (χ3v) is 5.95. The second-order valence-electron chi connectivity index (χ2n) is 8.60. The number of nitrogens with zero attached hydrogens (tertiary/aromatic N) is 1. The molecule has 1 fully saturated rings. The monoisotopic (exact) mass is 511 g/mol. The van der Waals surface area contributed by atoms with Crippen LogP contribution in [0.1, 0.15) is 37.7 Å². The van der Waals surface area contributed by atoms with Crippen LogP contribution in [0.25, 0.3) is 0 Å². The maximum Gasteiger partial charge on any atom is 0.458 e. The van der Waals surface area contributed by atoms with Gasteiger partial charge in [0.05, 0.1) is 13.2 Å². The first-order valence-electron chi connectivity index (χ1n) is 11.1. The Kier molecular flexibility index (Phi) is 8.18. The molecule has 194 valence electrons. The number of rotatable bonds is 8. The molecule has 0 amide bonds. The number of aliphatic hydroxyl groups excluding tert-OH is 1. The minimum Gasteiger partial charge on any atom is -0.493 e. The fourth-order valence-electron chi connectivity index (χ4n) is 3.98. The van der Waals surface area contributed by atoms with E-state index in [2.05, 4.69) is 0 Å². The van der Waals surface area contributed by atoms with Crippen LogP contribution in [-0.4, -0.2) is 36.7 Å². The van der Waals surface area contributed by atoms with Crippen LogP contribution in [0.4, 0.5) is 46.5 Å². The number of ether oxygens (including phenoxy) is 1. The molecule has 2 aromatic carbocycles. The molecule has 2 aromatic rings. The molecule has 0 aromatic heterocycles. The third-order valence-electron chi connectivity index (χ3n) is 5.95. The lowest BCUT2D eigenvalue weighted by molar-refractivity contribution is -0.289. The van der Waals surface area contributed by atoms with Crippen LogP contribution in [0.3, 0.4) is 0 Å². The number of hydrogen-bond donors (Lipinski definition) is 1. The Morgan fingerprint density at radius 3 is 2.06 bits per heavy atom. The smallest absolute Gasteiger partial charge is 0.458 e. The normalized spacial score (nSPS) is 16.7. The number of hydrogen-bond acceptors (Lipinski definition) is 3. The van der Waals surface area contributed by atoms with Crippen molar-refractivity contribution in [1.82, 2.24) is 0 Å². The van der Waals surface area contributed by atoms with E-state index in [1.165, 1.54) is 18.2 Å². The molecule has 0 aliphatic heterocycles. The average molecular weight is 511 g/mol. The molecule has 1 unspecified atom stereocenters. The van der Waals surface area contributed by atoms with E-state index in [1.807, 2.05) is 0 Å². The Bertz CT molecular complexity index is 970. The van der Waals surface area contributed by atoms with Gasteiger partial charge in [0.2, 0.25) is 0 Å². The first kappa shape index (κ1) is 27.0. The first-order valence-corrected chi connectivity index (χ1v) is 11.1. The number of aliphatic hydroxyl groups is 1. The lowest BCUT2D eigenvalue weighted by atomic mass is 9.90. The largest absolute Gasteiger partial charge is 0.493 e. The van der Waals surface area contributed by atoms with Crippen LogP contribution in [0.2, 0.25) is 0 Å². The highest BCUT2D eigenvalue weighted by molar-refractivity contribution is 5.65. The zero-order chi connectivity index (χ0) is 25.9. The van der Waals surface area contributed by atoms with Crippen LogP contribution in [0, 0.1) is 5.92 Å². The van der Waals surface area contributed by atoms with Gasteiger partial charge >= 0.3 is 18.3 Å². The van der Waals surface area contributed by atoms with Crippen LogP contribution >= 0.6 is 0 Å². The predicted molar refractivity (Wildman–Crippen MR) is 114 cm³/mol. The molecule has 35 heavy (non-hydrogen) atoms. The summed E-state index contributed by atoms with van der Waals surface area (Å²) in [7, 11) is 0. The minimum atomic E-state index is -5.89. The van der Waals surface area contributed by atoms with E-state index in [4.69, 9.17) is 4.74 Å². The summed E-state index contributed by atoms with van der Waals surface area (Å²) in [6.07, 6.45) is -8.54. The first-order chi connectivity index (χ1) is 16.3. The summed E-state index contributed by atoms with van der Waals surface area (Å²) >= 11 is 0. The second-order valence-corrected chi connectivity index (χ2v) is 8.60. The van der Waals surface area contributed by atoms with Crippen molar-refractivity contribution in [2.45, 2.75) is 56.5 Å². The highest BCUT2D eigenvalue weighted by Crippen LogP contribution is 2.45. The summed E-state index contributed by atoms with van der Waals surface area (Å²) in [4.78, 5) is 0.835. The number of halogens is 8. The molecule has 0 spiro atoms. The summed E-state index contributed by atoms with van der Waals surface area (Å²) in [6.45, 7) is -0.738. The fraction of sp³-hybridized carbons (Fsp3) is 0.500. The van der Waals surface area contributed by atoms with Gasteiger partial charge in [0.15, 0.2) is 6.10 Å². The number of anilines is 2. The lowest BCUT2D eigenvalue weighted by Crippen LogP contribution is -2.39. The predicted octanol–water partition coefficient (Wildman–Crippen LogP) is 7.36. The topological polar surface area (TPSA) is 32.7 Å². The van der Waals surface area contributed by atoms with Gasteiger partial charge in [-0.3, -0.25) is 0 Å². The summed E-state index contributed by atoms with van der Waals surface area (Å²) in [6, 6.07) is 8.73. The quantitative estimate of drug-likeness (QED) is 0.376. The molecule has 0 saturated heterocycles. The molecule has 0 heterocycles. The highest BCUT2D eigenvalue weighted by atomic mass is 19.4. The van der Waals surface area contributed by atoms with Gasteiger partial charge in [-0.2, -0.15) is 35.1 Å². The van der Waals surface area contributed by atoms with E-state index >= 15 is 0 Å². The molecule has 0 bridgehead atoms. The Morgan fingerprint density at radius 2 is 1.46 bits per heavy atom. The van der Waals surface area contributed by atoms with E-state index in [0.29, 0.717) is 30.4 Å². The van der Waals surface area contributed by atoms with Gasteiger partial charge in [-0.1, -0.05) is 37.5 Å². The molecular formula is C24H25F8NO2. The van der Waals surface area contributed by atoms with Gasteiger partial charge in [0.25, 0.3) is 0 Å².